The average molecular weight is 548 g/mol. The number of rotatable bonds is 8. The Morgan fingerprint density at radius 1 is 1.05 bits per heavy atom. The number of hydrogen-bond acceptors (Lipinski definition) is 7. The van der Waals surface area contributed by atoms with Crippen LogP contribution in [0.1, 0.15) is 23.0 Å². The largest absolute Gasteiger partial charge is 0.497 e. The molecule has 1 N–H and O–H groups in total. The molecular formula is C27H25N5O4S2. The Balaban J connectivity index is 1.38. The van der Waals surface area contributed by atoms with Gasteiger partial charge in [0.1, 0.15) is 11.6 Å². The zero-order chi connectivity index (χ0) is 26.9. The molecule has 0 fully saturated rings. The third-order valence-corrected chi connectivity index (χ3v) is 8.80. The summed E-state index contributed by atoms with van der Waals surface area (Å²) in [5, 5.41) is 7.97. The normalized spacial score (nSPS) is 11.4. The number of carbonyl (C=O) groups excluding carboxylic acids is 1. The summed E-state index contributed by atoms with van der Waals surface area (Å²) in [6.07, 6.45) is 0. The summed E-state index contributed by atoms with van der Waals surface area (Å²) in [6.45, 7) is 3.88. The van der Waals surface area contributed by atoms with Gasteiger partial charge in [-0.15, -0.1) is 0 Å². The van der Waals surface area contributed by atoms with E-state index in [4.69, 9.17) is 4.74 Å². The third-order valence-electron chi connectivity index (χ3n) is 5.87. The Labute approximate surface area is 224 Å². The van der Waals surface area contributed by atoms with Gasteiger partial charge in [0, 0.05) is 24.2 Å². The minimum atomic E-state index is -3.79. The zero-order valence-electron chi connectivity index (χ0n) is 21.0. The van der Waals surface area contributed by atoms with Crippen LogP contribution in [0, 0.1) is 6.92 Å². The molecule has 5 aromatic rings. The first-order valence-electron chi connectivity index (χ1n) is 11.8. The molecule has 0 bridgehead atoms. The van der Waals surface area contributed by atoms with Crippen molar-refractivity contribution in [2.24, 2.45) is 0 Å². The minimum Gasteiger partial charge on any atom is -0.497 e. The van der Waals surface area contributed by atoms with E-state index in [0.717, 1.165) is 10.2 Å². The van der Waals surface area contributed by atoms with Gasteiger partial charge in [-0.3, -0.25) is 9.10 Å². The minimum absolute atomic E-state index is 0.102. The van der Waals surface area contributed by atoms with E-state index >= 15 is 0 Å². The van der Waals surface area contributed by atoms with Crippen LogP contribution in [0.2, 0.25) is 0 Å². The van der Waals surface area contributed by atoms with Crippen molar-refractivity contribution in [2.75, 3.05) is 23.3 Å². The predicted octanol–water partition coefficient (Wildman–Crippen LogP) is 5.27. The van der Waals surface area contributed by atoms with Gasteiger partial charge in [0.05, 0.1) is 33.6 Å². The lowest BCUT2D eigenvalue weighted by molar-refractivity contribution is 0.102. The highest BCUT2D eigenvalue weighted by Gasteiger charge is 2.24. The van der Waals surface area contributed by atoms with Gasteiger partial charge < -0.3 is 10.1 Å². The van der Waals surface area contributed by atoms with Gasteiger partial charge in [-0.25, -0.2) is 13.4 Å². The zero-order valence-corrected chi connectivity index (χ0v) is 22.6. The standard InChI is InChI=1S/C27H25N5O4S2/c1-4-31(20-8-6-5-7-9-20)38(34,35)22-13-10-19(11-14-22)26(33)29-25-16-18(2)30-32(25)27-28-23-17-21(36-3)12-15-24(23)37-27/h5-17H,4H2,1-3H3,(H,29,33). The van der Waals surface area contributed by atoms with Gasteiger partial charge in [0.15, 0.2) is 0 Å². The Morgan fingerprint density at radius 3 is 2.47 bits per heavy atom. The number of thiazole rings is 1. The first-order chi connectivity index (χ1) is 18.3. The molecule has 38 heavy (non-hydrogen) atoms. The lowest BCUT2D eigenvalue weighted by Crippen LogP contribution is -2.30. The molecule has 0 saturated carbocycles. The maximum atomic E-state index is 13.3. The van der Waals surface area contributed by atoms with Gasteiger partial charge in [0.2, 0.25) is 5.13 Å². The predicted molar refractivity (Wildman–Crippen MR) is 149 cm³/mol. The second kappa shape index (κ2) is 10.3. The fourth-order valence-electron chi connectivity index (χ4n) is 4.03. The highest BCUT2D eigenvalue weighted by atomic mass is 32.2. The number of fused-ring (bicyclic) bond motifs is 1. The van der Waals surface area contributed by atoms with Crippen molar-refractivity contribution in [3.8, 4) is 10.9 Å². The van der Waals surface area contributed by atoms with Crippen LogP contribution in [0.3, 0.4) is 0 Å². The van der Waals surface area contributed by atoms with Crippen LogP contribution in [0.5, 0.6) is 5.75 Å². The van der Waals surface area contributed by atoms with Crippen molar-refractivity contribution >= 4 is 49.0 Å². The number of aryl methyl sites for hydroxylation is 1. The van der Waals surface area contributed by atoms with Crippen LogP contribution in [-0.2, 0) is 10.0 Å². The molecule has 0 aliphatic heterocycles. The van der Waals surface area contributed by atoms with Gasteiger partial charge in [-0.2, -0.15) is 9.78 Å². The summed E-state index contributed by atoms with van der Waals surface area (Å²) in [6, 6.07) is 22.2. The topological polar surface area (TPSA) is 106 Å². The first-order valence-corrected chi connectivity index (χ1v) is 14.1. The lowest BCUT2D eigenvalue weighted by atomic mass is 10.2. The number of aromatic nitrogens is 3. The molecule has 0 unspecified atom stereocenters. The summed E-state index contributed by atoms with van der Waals surface area (Å²) in [5.41, 5.74) is 2.36. The molecule has 5 rings (SSSR count). The maximum Gasteiger partial charge on any atom is 0.264 e. The Morgan fingerprint density at radius 2 is 1.79 bits per heavy atom. The smallest absolute Gasteiger partial charge is 0.264 e. The number of nitrogens with zero attached hydrogens (tertiary/aromatic N) is 4. The van der Waals surface area contributed by atoms with Gasteiger partial charge in [-0.05, 0) is 62.4 Å². The number of ether oxygens (including phenoxy) is 1. The molecule has 194 valence electrons. The Kier molecular flexibility index (Phi) is 6.87. The number of benzene rings is 3. The van der Waals surface area contributed by atoms with Gasteiger partial charge in [0.25, 0.3) is 15.9 Å². The average Bonchev–Trinajstić information content (AvgIpc) is 3.51. The first kappa shape index (κ1) is 25.4. The SMILES string of the molecule is CCN(c1ccccc1)S(=O)(=O)c1ccc(C(=O)Nc2cc(C)nn2-c2nc3cc(OC)ccc3s2)cc1. The van der Waals surface area contributed by atoms with E-state index < -0.39 is 15.9 Å². The molecule has 0 aliphatic rings. The van der Waals surface area contributed by atoms with Crippen LogP contribution in [0.15, 0.2) is 83.8 Å². The van der Waals surface area contributed by atoms with Crippen LogP contribution in [0.25, 0.3) is 15.3 Å². The van der Waals surface area contributed by atoms with E-state index in [1.165, 1.54) is 39.9 Å². The van der Waals surface area contributed by atoms with Gasteiger partial charge >= 0.3 is 0 Å². The van der Waals surface area contributed by atoms with Crippen molar-refractivity contribution in [1.82, 2.24) is 14.8 Å². The van der Waals surface area contributed by atoms with Crippen LogP contribution < -0.4 is 14.4 Å². The fraction of sp³-hybridized carbons (Fsp3) is 0.148. The van der Waals surface area contributed by atoms with E-state index in [2.05, 4.69) is 15.4 Å². The summed E-state index contributed by atoms with van der Waals surface area (Å²) in [7, 11) is -2.19. The van der Waals surface area contributed by atoms with Gasteiger partial charge in [-0.1, -0.05) is 29.5 Å². The molecule has 2 heterocycles. The molecule has 0 radical (unpaired) electrons. The summed E-state index contributed by atoms with van der Waals surface area (Å²) < 4.78 is 35.7. The third kappa shape index (κ3) is 4.85. The monoisotopic (exact) mass is 547 g/mol. The molecule has 0 spiro atoms. The summed E-state index contributed by atoms with van der Waals surface area (Å²) >= 11 is 1.44. The van der Waals surface area contributed by atoms with Crippen LogP contribution in [0.4, 0.5) is 11.5 Å². The highest BCUT2D eigenvalue weighted by Crippen LogP contribution is 2.30. The molecular weight excluding hydrogens is 522 g/mol. The van der Waals surface area contributed by atoms with Crippen molar-refractivity contribution in [3.05, 3.63) is 90.1 Å². The number of methoxy groups -OCH3 is 1. The van der Waals surface area contributed by atoms with Crippen molar-refractivity contribution < 1.29 is 17.9 Å². The van der Waals surface area contributed by atoms with Crippen molar-refractivity contribution in [1.29, 1.82) is 0 Å². The van der Waals surface area contributed by atoms with E-state index in [9.17, 15) is 13.2 Å². The number of para-hydroxylation sites is 1. The number of hydrogen-bond donors (Lipinski definition) is 1. The lowest BCUT2D eigenvalue weighted by Gasteiger charge is -2.23. The van der Waals surface area contributed by atoms with E-state index in [1.807, 2.05) is 31.2 Å². The van der Waals surface area contributed by atoms with Crippen LogP contribution in [-0.4, -0.2) is 42.7 Å². The highest BCUT2D eigenvalue weighted by molar-refractivity contribution is 7.92. The Hall–Kier alpha value is -4.22. The maximum absolute atomic E-state index is 13.3. The number of amides is 1. The molecule has 11 heteroatoms. The van der Waals surface area contributed by atoms with Crippen LogP contribution >= 0.6 is 11.3 Å². The second-order valence-electron chi connectivity index (χ2n) is 8.40. The number of nitrogens with one attached hydrogen (secondary N) is 1. The molecule has 2 aromatic heterocycles. The molecule has 0 atom stereocenters. The number of sulfonamides is 1. The molecule has 9 nitrogen and oxygen atoms in total. The fourth-order valence-corrected chi connectivity index (χ4v) is 6.41. The molecule has 0 saturated heterocycles. The molecule has 1 amide bonds. The van der Waals surface area contributed by atoms with E-state index in [0.29, 0.717) is 33.6 Å². The molecule has 0 aliphatic carbocycles. The number of carbonyl (C=O) groups is 1. The van der Waals surface area contributed by atoms with Crippen molar-refractivity contribution in [3.63, 3.8) is 0 Å². The Bertz CT molecular complexity index is 1710. The second-order valence-corrected chi connectivity index (χ2v) is 11.3. The summed E-state index contributed by atoms with van der Waals surface area (Å²) in [5.74, 6) is 0.764. The van der Waals surface area contributed by atoms with E-state index in [-0.39, 0.29) is 11.4 Å². The number of anilines is 2. The quantitative estimate of drug-likeness (QED) is 0.284. The summed E-state index contributed by atoms with van der Waals surface area (Å²) in [4.78, 5) is 17.8. The van der Waals surface area contributed by atoms with E-state index in [1.54, 1.807) is 49.0 Å². The van der Waals surface area contributed by atoms with Crippen molar-refractivity contribution in [2.45, 2.75) is 18.7 Å². The molecule has 3 aromatic carbocycles.